The first-order valence-corrected chi connectivity index (χ1v) is 4.24. The van der Waals surface area contributed by atoms with Gasteiger partial charge in [-0.25, -0.2) is 0 Å². The van der Waals surface area contributed by atoms with Gasteiger partial charge >= 0.3 is 0 Å². The number of hydrogen-bond donors (Lipinski definition) is 1. The molecule has 2 N–H and O–H groups in total. The lowest BCUT2D eigenvalue weighted by Gasteiger charge is -2.10. The van der Waals surface area contributed by atoms with Crippen LogP contribution in [-0.2, 0) is 4.79 Å². The van der Waals surface area contributed by atoms with Crippen molar-refractivity contribution in [1.29, 1.82) is 0 Å². The standard InChI is InChI=1S/C10H9N3O/c11-10(14)7-5-9-8(13-6-7)3-1-2-4-12-9/h1-4,6H,5H2,(H2,11,14). The molecule has 0 atom stereocenters. The van der Waals surface area contributed by atoms with Gasteiger partial charge in [0.25, 0.3) is 0 Å². The van der Waals surface area contributed by atoms with E-state index in [4.69, 9.17) is 5.73 Å². The van der Waals surface area contributed by atoms with Crippen LogP contribution in [0.25, 0.3) is 0 Å². The predicted molar refractivity (Wildman–Crippen MR) is 55.0 cm³/mol. The molecule has 1 amide bonds. The number of amides is 1. The summed E-state index contributed by atoms with van der Waals surface area (Å²) in [6, 6.07) is 0. The third-order valence-electron chi connectivity index (χ3n) is 2.01. The van der Waals surface area contributed by atoms with E-state index >= 15 is 0 Å². The first kappa shape index (κ1) is 8.62. The molecule has 0 unspecified atom stereocenters. The van der Waals surface area contributed by atoms with Crippen LogP contribution in [0.2, 0.25) is 0 Å². The Labute approximate surface area is 81.2 Å². The van der Waals surface area contributed by atoms with E-state index in [0.29, 0.717) is 12.0 Å². The second kappa shape index (κ2) is 3.41. The molecule has 2 rings (SSSR count). The molecule has 0 aliphatic carbocycles. The van der Waals surface area contributed by atoms with Crippen LogP contribution in [-0.4, -0.2) is 17.3 Å². The number of nitrogens with two attached hydrogens (primary N) is 1. The summed E-state index contributed by atoms with van der Waals surface area (Å²) >= 11 is 0. The highest BCUT2D eigenvalue weighted by Gasteiger charge is 2.16. The van der Waals surface area contributed by atoms with E-state index in [9.17, 15) is 4.79 Å². The highest BCUT2D eigenvalue weighted by Crippen LogP contribution is 2.12. The van der Waals surface area contributed by atoms with Crippen LogP contribution in [0.3, 0.4) is 0 Å². The Balaban J connectivity index is 2.38. The van der Waals surface area contributed by atoms with Gasteiger partial charge in [-0.1, -0.05) is 6.08 Å². The second-order valence-electron chi connectivity index (χ2n) is 2.99. The Morgan fingerprint density at radius 2 is 2.21 bits per heavy atom. The molecule has 14 heavy (non-hydrogen) atoms. The van der Waals surface area contributed by atoms with E-state index in [2.05, 4.69) is 9.98 Å². The molecule has 4 heteroatoms. The normalized spacial score (nSPS) is 19.0. The monoisotopic (exact) mass is 187 g/mol. The third-order valence-corrected chi connectivity index (χ3v) is 2.01. The van der Waals surface area contributed by atoms with E-state index < -0.39 is 5.91 Å². The largest absolute Gasteiger partial charge is 0.366 e. The van der Waals surface area contributed by atoms with Crippen LogP contribution in [0, 0.1) is 0 Å². The minimum atomic E-state index is -0.437. The molecule has 2 heterocycles. The van der Waals surface area contributed by atoms with Gasteiger partial charge < -0.3 is 5.73 Å². The SMILES string of the molecule is NC(=O)C1=CN=C2C=CC=CN=C2C1. The van der Waals surface area contributed by atoms with E-state index in [1.54, 1.807) is 6.20 Å². The van der Waals surface area contributed by atoms with Gasteiger partial charge in [0.1, 0.15) is 0 Å². The third kappa shape index (κ3) is 1.54. The van der Waals surface area contributed by atoms with Crippen molar-refractivity contribution in [3.8, 4) is 0 Å². The van der Waals surface area contributed by atoms with Crippen LogP contribution >= 0.6 is 0 Å². The molecule has 70 valence electrons. The van der Waals surface area contributed by atoms with Crippen LogP contribution in [0.15, 0.2) is 46.2 Å². The van der Waals surface area contributed by atoms with Gasteiger partial charge in [0.2, 0.25) is 5.91 Å². The second-order valence-corrected chi connectivity index (χ2v) is 2.99. The zero-order valence-electron chi connectivity index (χ0n) is 7.47. The lowest BCUT2D eigenvalue weighted by atomic mass is 10.0. The number of carbonyl (C=O) groups excluding carboxylic acids is 1. The number of hydrogen-bond acceptors (Lipinski definition) is 3. The van der Waals surface area contributed by atoms with Crippen molar-refractivity contribution >= 4 is 17.3 Å². The lowest BCUT2D eigenvalue weighted by Crippen LogP contribution is -2.22. The topological polar surface area (TPSA) is 67.8 Å². The van der Waals surface area contributed by atoms with Crippen molar-refractivity contribution in [2.75, 3.05) is 0 Å². The van der Waals surface area contributed by atoms with Gasteiger partial charge in [0.05, 0.1) is 11.4 Å². The summed E-state index contributed by atoms with van der Waals surface area (Å²) in [5.41, 5.74) is 7.23. The summed E-state index contributed by atoms with van der Waals surface area (Å²) in [7, 11) is 0. The fourth-order valence-electron chi connectivity index (χ4n) is 1.27. The van der Waals surface area contributed by atoms with E-state index in [1.165, 1.54) is 6.20 Å². The minimum Gasteiger partial charge on any atom is -0.366 e. The minimum absolute atomic E-state index is 0.437. The molecule has 0 aromatic carbocycles. The van der Waals surface area contributed by atoms with E-state index in [0.717, 1.165) is 11.4 Å². The molecule has 0 aromatic rings. The molecule has 0 saturated heterocycles. The first-order valence-electron chi connectivity index (χ1n) is 4.24. The molecule has 0 saturated carbocycles. The van der Waals surface area contributed by atoms with Gasteiger partial charge in [-0.05, 0) is 12.2 Å². The number of nitrogens with zero attached hydrogens (tertiary/aromatic N) is 2. The number of carbonyl (C=O) groups is 1. The summed E-state index contributed by atoms with van der Waals surface area (Å²) in [6.45, 7) is 0. The average Bonchev–Trinajstić information content (AvgIpc) is 2.41. The van der Waals surface area contributed by atoms with Gasteiger partial charge in [-0.2, -0.15) is 0 Å². The lowest BCUT2D eigenvalue weighted by molar-refractivity contribution is -0.114. The number of rotatable bonds is 1. The van der Waals surface area contributed by atoms with Gasteiger partial charge in [-0.15, -0.1) is 0 Å². The number of aliphatic imine (C=N–C) groups is 2. The van der Waals surface area contributed by atoms with Crippen molar-refractivity contribution in [2.45, 2.75) is 6.42 Å². The molecule has 0 fully saturated rings. The molecule has 2 aliphatic rings. The maximum atomic E-state index is 10.9. The molecule has 4 nitrogen and oxygen atoms in total. The van der Waals surface area contributed by atoms with E-state index in [1.807, 2.05) is 18.2 Å². The maximum Gasteiger partial charge on any atom is 0.246 e. The number of primary amides is 1. The number of allylic oxidation sites excluding steroid dienone is 3. The molecular formula is C10H9N3O. The van der Waals surface area contributed by atoms with Gasteiger partial charge in [0, 0.05) is 24.4 Å². The smallest absolute Gasteiger partial charge is 0.246 e. The van der Waals surface area contributed by atoms with Crippen LogP contribution < -0.4 is 5.73 Å². The van der Waals surface area contributed by atoms with Crippen molar-refractivity contribution in [3.63, 3.8) is 0 Å². The zero-order valence-corrected chi connectivity index (χ0v) is 7.47. The quantitative estimate of drug-likeness (QED) is 0.645. The highest BCUT2D eigenvalue weighted by molar-refractivity contribution is 6.48. The summed E-state index contributed by atoms with van der Waals surface area (Å²) < 4.78 is 0. The van der Waals surface area contributed by atoms with Crippen LogP contribution in [0.5, 0.6) is 0 Å². The summed E-state index contributed by atoms with van der Waals surface area (Å²) in [5.74, 6) is -0.437. The molecule has 2 aliphatic heterocycles. The molecule has 0 bridgehead atoms. The summed E-state index contributed by atoms with van der Waals surface area (Å²) in [5, 5.41) is 0. The Morgan fingerprint density at radius 3 is 3.00 bits per heavy atom. The van der Waals surface area contributed by atoms with Crippen LogP contribution in [0.4, 0.5) is 0 Å². The Hall–Kier alpha value is -1.97. The van der Waals surface area contributed by atoms with Crippen LogP contribution in [0.1, 0.15) is 6.42 Å². The number of fused-ring (bicyclic) bond motifs is 1. The van der Waals surface area contributed by atoms with Gasteiger partial charge in [0.15, 0.2) is 0 Å². The van der Waals surface area contributed by atoms with Crippen molar-refractivity contribution in [1.82, 2.24) is 0 Å². The average molecular weight is 187 g/mol. The fraction of sp³-hybridized carbons (Fsp3) is 0.100. The first-order chi connectivity index (χ1) is 6.77. The maximum absolute atomic E-state index is 10.9. The van der Waals surface area contributed by atoms with Crippen molar-refractivity contribution in [2.24, 2.45) is 15.7 Å². The predicted octanol–water partition coefficient (Wildman–Crippen LogP) is 0.725. The Kier molecular flexibility index (Phi) is 2.10. The zero-order chi connectivity index (χ0) is 9.97. The summed E-state index contributed by atoms with van der Waals surface area (Å²) in [4.78, 5) is 19.2. The van der Waals surface area contributed by atoms with E-state index in [-0.39, 0.29) is 0 Å². The molecule has 0 radical (unpaired) electrons. The molecular weight excluding hydrogens is 178 g/mol. The summed E-state index contributed by atoms with van der Waals surface area (Å²) in [6.07, 6.45) is 9.18. The molecule has 0 spiro atoms. The highest BCUT2D eigenvalue weighted by atomic mass is 16.1. The van der Waals surface area contributed by atoms with Crippen molar-refractivity contribution in [3.05, 3.63) is 36.2 Å². The van der Waals surface area contributed by atoms with Crippen molar-refractivity contribution < 1.29 is 4.79 Å². The Bertz CT molecular complexity index is 425. The Morgan fingerprint density at radius 1 is 1.36 bits per heavy atom. The fourth-order valence-corrected chi connectivity index (χ4v) is 1.27. The molecule has 0 aromatic heterocycles. The van der Waals surface area contributed by atoms with Gasteiger partial charge in [-0.3, -0.25) is 14.8 Å².